The second-order valence-corrected chi connectivity index (χ2v) is 5.51. The SMILES string of the molecule is COC(=O)CN(Cc1cccc(F)c1Cl)C1CCCC1. The molecule has 0 spiro atoms. The molecule has 1 saturated carbocycles. The van der Waals surface area contributed by atoms with Crippen molar-refractivity contribution >= 4 is 17.6 Å². The predicted molar refractivity (Wildman–Crippen MR) is 76.1 cm³/mol. The van der Waals surface area contributed by atoms with Crippen LogP contribution < -0.4 is 0 Å². The van der Waals surface area contributed by atoms with Gasteiger partial charge in [-0.15, -0.1) is 0 Å². The van der Waals surface area contributed by atoms with Crippen molar-refractivity contribution in [2.24, 2.45) is 0 Å². The molecule has 0 aromatic heterocycles. The van der Waals surface area contributed by atoms with Gasteiger partial charge in [0.15, 0.2) is 0 Å². The van der Waals surface area contributed by atoms with Crippen molar-refractivity contribution < 1.29 is 13.9 Å². The summed E-state index contributed by atoms with van der Waals surface area (Å²) in [5.41, 5.74) is 0.711. The standard InChI is InChI=1S/C15H19ClFNO2/c1-20-14(19)10-18(12-6-2-3-7-12)9-11-5-4-8-13(17)15(11)16/h4-5,8,12H,2-3,6-7,9-10H2,1H3. The molecular formula is C15H19ClFNO2. The molecular weight excluding hydrogens is 281 g/mol. The van der Waals surface area contributed by atoms with Crippen LogP contribution in [0.25, 0.3) is 0 Å². The summed E-state index contributed by atoms with van der Waals surface area (Å²) in [7, 11) is 1.38. The molecule has 2 rings (SSSR count). The van der Waals surface area contributed by atoms with Crippen molar-refractivity contribution in [1.82, 2.24) is 4.90 Å². The number of carbonyl (C=O) groups is 1. The summed E-state index contributed by atoms with van der Waals surface area (Å²) in [6.45, 7) is 0.685. The fourth-order valence-corrected chi connectivity index (χ4v) is 2.89. The molecule has 0 bridgehead atoms. The number of benzene rings is 1. The van der Waals surface area contributed by atoms with Gasteiger partial charge in [-0.05, 0) is 24.5 Å². The third-order valence-electron chi connectivity index (χ3n) is 3.81. The average Bonchev–Trinajstić information content (AvgIpc) is 2.96. The fourth-order valence-electron chi connectivity index (χ4n) is 2.70. The van der Waals surface area contributed by atoms with Gasteiger partial charge in [0.25, 0.3) is 0 Å². The normalized spacial score (nSPS) is 15.8. The smallest absolute Gasteiger partial charge is 0.319 e. The van der Waals surface area contributed by atoms with Gasteiger partial charge >= 0.3 is 5.97 Å². The first-order chi connectivity index (χ1) is 9.61. The molecule has 1 fully saturated rings. The maximum Gasteiger partial charge on any atom is 0.319 e. The minimum Gasteiger partial charge on any atom is -0.468 e. The van der Waals surface area contributed by atoms with Crippen LogP contribution in [0.15, 0.2) is 18.2 Å². The molecule has 3 nitrogen and oxygen atoms in total. The number of nitrogens with zero attached hydrogens (tertiary/aromatic N) is 1. The zero-order valence-corrected chi connectivity index (χ0v) is 12.3. The van der Waals surface area contributed by atoms with Crippen molar-refractivity contribution in [2.75, 3.05) is 13.7 Å². The van der Waals surface area contributed by atoms with Crippen LogP contribution in [0.1, 0.15) is 31.2 Å². The largest absolute Gasteiger partial charge is 0.468 e. The minimum atomic E-state index is -0.423. The molecule has 0 N–H and O–H groups in total. The van der Waals surface area contributed by atoms with E-state index in [2.05, 4.69) is 0 Å². The minimum absolute atomic E-state index is 0.139. The van der Waals surface area contributed by atoms with Gasteiger partial charge < -0.3 is 4.74 Å². The fraction of sp³-hybridized carbons (Fsp3) is 0.533. The van der Waals surface area contributed by atoms with Crippen molar-refractivity contribution in [1.29, 1.82) is 0 Å². The molecule has 1 aromatic rings. The highest BCUT2D eigenvalue weighted by atomic mass is 35.5. The Hall–Kier alpha value is -1.13. The van der Waals surface area contributed by atoms with Crippen LogP contribution in [-0.4, -0.2) is 30.6 Å². The third-order valence-corrected chi connectivity index (χ3v) is 4.23. The molecule has 0 amide bonds. The molecule has 0 aliphatic heterocycles. The Morgan fingerprint density at radius 1 is 1.45 bits per heavy atom. The second kappa shape index (κ2) is 7.04. The van der Waals surface area contributed by atoms with Crippen LogP contribution in [0, 0.1) is 5.82 Å². The van der Waals surface area contributed by atoms with Gasteiger partial charge in [0, 0.05) is 12.6 Å². The van der Waals surface area contributed by atoms with E-state index in [-0.39, 0.29) is 17.5 Å². The summed E-state index contributed by atoms with van der Waals surface area (Å²) in [6, 6.07) is 5.12. The third kappa shape index (κ3) is 3.70. The Balaban J connectivity index is 2.13. The van der Waals surface area contributed by atoms with Crippen LogP contribution in [0.5, 0.6) is 0 Å². The number of halogens is 2. The highest BCUT2D eigenvalue weighted by Crippen LogP contribution is 2.27. The molecule has 20 heavy (non-hydrogen) atoms. The molecule has 5 heteroatoms. The van der Waals surface area contributed by atoms with Gasteiger partial charge in [-0.3, -0.25) is 9.69 Å². The first kappa shape index (κ1) is 15.3. The second-order valence-electron chi connectivity index (χ2n) is 5.13. The Labute approximate surface area is 123 Å². The van der Waals surface area contributed by atoms with Crippen LogP contribution in [0.4, 0.5) is 4.39 Å². The van der Waals surface area contributed by atoms with E-state index >= 15 is 0 Å². The van der Waals surface area contributed by atoms with Gasteiger partial charge in [-0.2, -0.15) is 0 Å². The van der Waals surface area contributed by atoms with E-state index in [1.54, 1.807) is 12.1 Å². The number of esters is 1. The molecule has 0 saturated heterocycles. The van der Waals surface area contributed by atoms with Crippen molar-refractivity contribution in [3.8, 4) is 0 Å². The first-order valence-corrected chi connectivity index (χ1v) is 7.23. The molecule has 1 aliphatic carbocycles. The first-order valence-electron chi connectivity index (χ1n) is 6.85. The van der Waals surface area contributed by atoms with Crippen LogP contribution in [0.3, 0.4) is 0 Å². The quantitative estimate of drug-likeness (QED) is 0.781. The number of ether oxygens (including phenoxy) is 1. The Bertz CT molecular complexity index is 475. The highest BCUT2D eigenvalue weighted by molar-refractivity contribution is 6.31. The number of carbonyl (C=O) groups excluding carboxylic acids is 1. The van der Waals surface area contributed by atoms with Gasteiger partial charge in [0.05, 0.1) is 18.7 Å². The number of hydrogen-bond acceptors (Lipinski definition) is 3. The summed E-state index contributed by atoms with van der Waals surface area (Å²) >= 11 is 6.00. The molecule has 1 aromatic carbocycles. The molecule has 0 radical (unpaired) electrons. The lowest BCUT2D eigenvalue weighted by Crippen LogP contribution is -2.37. The van der Waals surface area contributed by atoms with Crippen LogP contribution in [0.2, 0.25) is 5.02 Å². The highest BCUT2D eigenvalue weighted by Gasteiger charge is 2.25. The number of rotatable bonds is 5. The zero-order chi connectivity index (χ0) is 14.5. The van der Waals surface area contributed by atoms with Gasteiger partial charge in [0.1, 0.15) is 5.82 Å². The van der Waals surface area contributed by atoms with Crippen molar-refractivity contribution in [2.45, 2.75) is 38.3 Å². The zero-order valence-electron chi connectivity index (χ0n) is 11.6. The van der Waals surface area contributed by atoms with Crippen LogP contribution in [-0.2, 0) is 16.1 Å². The lowest BCUT2D eigenvalue weighted by molar-refractivity contribution is -0.142. The molecule has 110 valence electrons. The van der Waals surface area contributed by atoms with E-state index in [0.29, 0.717) is 18.2 Å². The lowest BCUT2D eigenvalue weighted by atomic mass is 10.1. The van der Waals surface area contributed by atoms with E-state index in [4.69, 9.17) is 16.3 Å². The summed E-state index contributed by atoms with van der Waals surface area (Å²) in [5, 5.41) is 0.139. The predicted octanol–water partition coefficient (Wildman–Crippen LogP) is 3.40. The molecule has 0 heterocycles. The summed E-state index contributed by atoms with van der Waals surface area (Å²) in [4.78, 5) is 13.6. The van der Waals surface area contributed by atoms with Crippen LogP contribution >= 0.6 is 11.6 Å². The van der Waals surface area contributed by atoms with E-state index in [0.717, 1.165) is 12.8 Å². The summed E-state index contributed by atoms with van der Waals surface area (Å²) < 4.78 is 18.2. The number of methoxy groups -OCH3 is 1. The Morgan fingerprint density at radius 2 is 2.15 bits per heavy atom. The Morgan fingerprint density at radius 3 is 2.80 bits per heavy atom. The van der Waals surface area contributed by atoms with Crippen molar-refractivity contribution in [3.63, 3.8) is 0 Å². The molecule has 1 aliphatic rings. The van der Waals surface area contributed by atoms with Gasteiger partial charge in [-0.1, -0.05) is 36.6 Å². The van der Waals surface area contributed by atoms with E-state index in [9.17, 15) is 9.18 Å². The lowest BCUT2D eigenvalue weighted by Gasteiger charge is -2.28. The topological polar surface area (TPSA) is 29.5 Å². The number of hydrogen-bond donors (Lipinski definition) is 0. The van der Waals surface area contributed by atoms with E-state index in [1.807, 2.05) is 4.90 Å². The molecule has 0 atom stereocenters. The van der Waals surface area contributed by atoms with Crippen molar-refractivity contribution in [3.05, 3.63) is 34.6 Å². The van der Waals surface area contributed by atoms with Gasteiger partial charge in [-0.25, -0.2) is 4.39 Å². The van der Waals surface area contributed by atoms with E-state index in [1.165, 1.54) is 26.0 Å². The Kier molecular flexibility index (Phi) is 5.38. The average molecular weight is 300 g/mol. The summed E-state index contributed by atoms with van der Waals surface area (Å²) in [6.07, 6.45) is 4.45. The maximum absolute atomic E-state index is 13.5. The maximum atomic E-state index is 13.5. The summed E-state index contributed by atoms with van der Waals surface area (Å²) in [5.74, 6) is -0.696. The monoisotopic (exact) mass is 299 g/mol. The van der Waals surface area contributed by atoms with E-state index < -0.39 is 5.82 Å². The van der Waals surface area contributed by atoms with Gasteiger partial charge in [0.2, 0.25) is 0 Å². The molecule has 0 unspecified atom stereocenters.